The Balaban J connectivity index is 3.28. The summed E-state index contributed by atoms with van der Waals surface area (Å²) in [7, 11) is 0. The fourth-order valence-corrected chi connectivity index (χ4v) is 1.33. The molecule has 0 saturated heterocycles. The van der Waals surface area contributed by atoms with Crippen LogP contribution in [0.15, 0.2) is 27.8 Å². The highest BCUT2D eigenvalue weighted by Crippen LogP contribution is 2.22. The molecule has 6 nitrogen and oxygen atoms in total. The molecule has 74 valence electrons. The zero-order chi connectivity index (χ0) is 10.7. The molecule has 7 heteroatoms. The van der Waals surface area contributed by atoms with E-state index in [2.05, 4.69) is 21.1 Å². The van der Waals surface area contributed by atoms with E-state index in [4.69, 9.17) is 10.9 Å². The predicted molar refractivity (Wildman–Crippen MR) is 53.3 cm³/mol. The van der Waals surface area contributed by atoms with E-state index in [1.54, 1.807) is 0 Å². The molecule has 1 aromatic carbocycles. The van der Waals surface area contributed by atoms with Gasteiger partial charge in [-0.2, -0.15) is 0 Å². The Morgan fingerprint density at radius 1 is 1.64 bits per heavy atom. The Morgan fingerprint density at radius 2 is 2.29 bits per heavy atom. The standard InChI is InChI=1S/C7H6BrN3O3/c8-6-2-1-4(11(13)14)3-5(6)7(9)10-12/h1-3,12H,(H2,9,10). The molecule has 0 bridgehead atoms. The highest BCUT2D eigenvalue weighted by molar-refractivity contribution is 9.10. The number of nitrogens with zero attached hydrogens (tertiary/aromatic N) is 2. The summed E-state index contributed by atoms with van der Waals surface area (Å²) in [5.74, 6) is -0.180. The molecule has 0 aliphatic rings. The monoisotopic (exact) mass is 259 g/mol. The van der Waals surface area contributed by atoms with E-state index >= 15 is 0 Å². The molecule has 0 atom stereocenters. The van der Waals surface area contributed by atoms with Crippen LogP contribution in [0, 0.1) is 10.1 Å². The third-order valence-corrected chi connectivity index (χ3v) is 2.24. The summed E-state index contributed by atoms with van der Waals surface area (Å²) in [6.45, 7) is 0. The number of non-ortho nitro benzene ring substituents is 1. The molecule has 0 aromatic heterocycles. The molecule has 0 fully saturated rings. The Hall–Kier alpha value is -1.63. The maximum atomic E-state index is 10.4. The minimum absolute atomic E-state index is 0.116. The number of oxime groups is 1. The van der Waals surface area contributed by atoms with E-state index in [1.807, 2.05) is 0 Å². The van der Waals surface area contributed by atoms with Crippen LogP contribution in [0.5, 0.6) is 0 Å². The van der Waals surface area contributed by atoms with Crippen LogP contribution in [0.4, 0.5) is 5.69 Å². The first-order chi connectivity index (χ1) is 6.56. The zero-order valence-corrected chi connectivity index (χ0v) is 8.43. The normalized spacial score (nSPS) is 11.4. The number of nitro benzene ring substituents is 1. The van der Waals surface area contributed by atoms with Crippen LogP contribution in [-0.2, 0) is 0 Å². The molecule has 0 radical (unpaired) electrons. The fraction of sp³-hybridized carbons (Fsp3) is 0. The van der Waals surface area contributed by atoms with E-state index in [0.29, 0.717) is 4.47 Å². The molecule has 0 heterocycles. The smallest absolute Gasteiger partial charge is 0.270 e. The van der Waals surface area contributed by atoms with Gasteiger partial charge in [-0.25, -0.2) is 0 Å². The van der Waals surface area contributed by atoms with Gasteiger partial charge in [0.2, 0.25) is 0 Å². The van der Waals surface area contributed by atoms with Gasteiger partial charge in [-0.05, 0) is 6.07 Å². The summed E-state index contributed by atoms with van der Waals surface area (Å²) < 4.78 is 0.526. The van der Waals surface area contributed by atoms with Crippen molar-refractivity contribution in [1.82, 2.24) is 0 Å². The molecule has 0 aliphatic carbocycles. The number of hydrogen-bond acceptors (Lipinski definition) is 4. The highest BCUT2D eigenvalue weighted by atomic mass is 79.9. The third-order valence-electron chi connectivity index (χ3n) is 1.54. The van der Waals surface area contributed by atoms with Crippen LogP contribution in [0.25, 0.3) is 0 Å². The van der Waals surface area contributed by atoms with Crippen molar-refractivity contribution < 1.29 is 10.1 Å². The quantitative estimate of drug-likeness (QED) is 0.276. The number of amidine groups is 1. The van der Waals surface area contributed by atoms with Crippen LogP contribution in [0.3, 0.4) is 0 Å². The van der Waals surface area contributed by atoms with E-state index in [0.717, 1.165) is 0 Å². The van der Waals surface area contributed by atoms with Gasteiger partial charge in [0.15, 0.2) is 5.84 Å². The van der Waals surface area contributed by atoms with Crippen LogP contribution in [0.2, 0.25) is 0 Å². The molecule has 1 rings (SSSR count). The van der Waals surface area contributed by atoms with Gasteiger partial charge < -0.3 is 10.9 Å². The summed E-state index contributed by atoms with van der Waals surface area (Å²) in [6, 6.07) is 4.00. The predicted octanol–water partition coefficient (Wildman–Crippen LogP) is 1.45. The van der Waals surface area contributed by atoms with Crippen molar-refractivity contribution in [1.29, 1.82) is 0 Å². The molecule has 3 N–H and O–H groups in total. The molecular formula is C7H6BrN3O3. The lowest BCUT2D eigenvalue weighted by Crippen LogP contribution is -2.14. The van der Waals surface area contributed by atoms with Crippen LogP contribution in [-0.4, -0.2) is 16.0 Å². The lowest BCUT2D eigenvalue weighted by Gasteiger charge is -2.01. The van der Waals surface area contributed by atoms with Gasteiger partial charge in [0.25, 0.3) is 5.69 Å². The van der Waals surface area contributed by atoms with Gasteiger partial charge in [0.1, 0.15) is 0 Å². The third kappa shape index (κ3) is 1.99. The first kappa shape index (κ1) is 10.5. The fourth-order valence-electron chi connectivity index (χ4n) is 0.877. The Labute approximate surface area is 87.3 Å². The van der Waals surface area contributed by atoms with Crippen LogP contribution >= 0.6 is 15.9 Å². The van der Waals surface area contributed by atoms with Crippen molar-refractivity contribution >= 4 is 27.5 Å². The number of benzene rings is 1. The summed E-state index contributed by atoms with van der Waals surface area (Å²) in [5, 5.41) is 21.6. The van der Waals surface area contributed by atoms with Crippen molar-refractivity contribution in [3.8, 4) is 0 Å². The molecule has 0 unspecified atom stereocenters. The molecule has 14 heavy (non-hydrogen) atoms. The molecular weight excluding hydrogens is 254 g/mol. The number of nitrogens with two attached hydrogens (primary N) is 1. The van der Waals surface area contributed by atoms with Gasteiger partial charge in [0.05, 0.1) is 4.92 Å². The van der Waals surface area contributed by atoms with E-state index < -0.39 is 4.92 Å². The lowest BCUT2D eigenvalue weighted by molar-refractivity contribution is -0.384. The minimum atomic E-state index is -0.555. The molecule has 0 aliphatic heterocycles. The van der Waals surface area contributed by atoms with Crippen molar-refractivity contribution in [2.24, 2.45) is 10.9 Å². The summed E-state index contributed by atoms with van der Waals surface area (Å²) >= 11 is 3.13. The molecule has 1 aromatic rings. The Morgan fingerprint density at radius 3 is 2.79 bits per heavy atom. The average molecular weight is 260 g/mol. The number of hydrogen-bond donors (Lipinski definition) is 2. The Bertz CT molecular complexity index is 405. The van der Waals surface area contributed by atoms with Gasteiger partial charge >= 0.3 is 0 Å². The van der Waals surface area contributed by atoms with Gasteiger partial charge in [0, 0.05) is 22.2 Å². The summed E-state index contributed by atoms with van der Waals surface area (Å²) in [4.78, 5) is 9.87. The van der Waals surface area contributed by atoms with Crippen LogP contribution in [0.1, 0.15) is 5.56 Å². The largest absolute Gasteiger partial charge is 0.409 e. The van der Waals surface area contributed by atoms with E-state index in [-0.39, 0.29) is 17.1 Å². The first-order valence-corrected chi connectivity index (χ1v) is 4.27. The number of halogens is 1. The average Bonchev–Trinajstić information content (AvgIpc) is 2.17. The second-order valence-electron chi connectivity index (χ2n) is 2.41. The lowest BCUT2D eigenvalue weighted by atomic mass is 10.2. The molecule has 0 spiro atoms. The van der Waals surface area contributed by atoms with Crippen LogP contribution < -0.4 is 5.73 Å². The summed E-state index contributed by atoms with van der Waals surface area (Å²) in [5.41, 5.74) is 5.47. The Kier molecular flexibility index (Phi) is 3.03. The van der Waals surface area contributed by atoms with Crippen molar-refractivity contribution in [2.45, 2.75) is 0 Å². The van der Waals surface area contributed by atoms with Gasteiger partial charge in [-0.15, -0.1) is 0 Å². The highest BCUT2D eigenvalue weighted by Gasteiger charge is 2.11. The van der Waals surface area contributed by atoms with E-state index in [9.17, 15) is 10.1 Å². The SMILES string of the molecule is NC(=NO)c1cc([N+](=O)[O-])ccc1Br. The number of rotatable bonds is 2. The van der Waals surface area contributed by atoms with Crippen molar-refractivity contribution in [2.75, 3.05) is 0 Å². The van der Waals surface area contributed by atoms with Crippen molar-refractivity contribution in [3.63, 3.8) is 0 Å². The zero-order valence-electron chi connectivity index (χ0n) is 6.85. The van der Waals surface area contributed by atoms with Gasteiger partial charge in [-0.1, -0.05) is 21.1 Å². The van der Waals surface area contributed by atoms with Crippen molar-refractivity contribution in [3.05, 3.63) is 38.3 Å². The first-order valence-electron chi connectivity index (χ1n) is 3.48. The second kappa shape index (κ2) is 4.05. The minimum Gasteiger partial charge on any atom is -0.409 e. The maximum Gasteiger partial charge on any atom is 0.270 e. The molecule has 0 saturated carbocycles. The second-order valence-corrected chi connectivity index (χ2v) is 3.26. The summed E-state index contributed by atoms with van der Waals surface area (Å²) in [6.07, 6.45) is 0. The van der Waals surface area contributed by atoms with Gasteiger partial charge in [-0.3, -0.25) is 10.1 Å². The molecule has 0 amide bonds. The topological polar surface area (TPSA) is 102 Å². The maximum absolute atomic E-state index is 10.4. The number of nitro groups is 1. The van der Waals surface area contributed by atoms with E-state index in [1.165, 1.54) is 18.2 Å².